The van der Waals surface area contributed by atoms with Crippen LogP contribution >= 0.6 is 0 Å². The first-order valence-corrected chi connectivity index (χ1v) is 19.7. The van der Waals surface area contributed by atoms with Crippen LogP contribution in [0, 0.1) is 22.7 Å². The van der Waals surface area contributed by atoms with E-state index in [4.69, 9.17) is 18.9 Å². The zero-order chi connectivity index (χ0) is 42.7. The predicted octanol–water partition coefficient (Wildman–Crippen LogP) is 3.92. The average molecular weight is 806 g/mol. The predicted molar refractivity (Wildman–Crippen MR) is 207 cm³/mol. The number of ketones is 2. The highest BCUT2D eigenvalue weighted by atomic mass is 16.6. The van der Waals surface area contributed by atoms with Crippen molar-refractivity contribution >= 4 is 29.6 Å². The zero-order valence-electron chi connectivity index (χ0n) is 34.2. The van der Waals surface area contributed by atoms with Gasteiger partial charge in [-0.05, 0) is 70.2 Å². The Morgan fingerprint density at radius 1 is 0.983 bits per heavy atom. The van der Waals surface area contributed by atoms with Crippen molar-refractivity contribution in [2.75, 3.05) is 6.61 Å². The number of fused-ring (bicyclic) bond motifs is 5. The van der Waals surface area contributed by atoms with Crippen molar-refractivity contribution in [2.45, 2.75) is 128 Å². The maximum atomic E-state index is 15.0. The number of alkyl carbamates (subject to hydrolysis) is 1. The molecule has 2 bridgehead atoms. The van der Waals surface area contributed by atoms with Crippen molar-refractivity contribution in [1.29, 1.82) is 0 Å². The number of aliphatic hydroxyl groups excluding tert-OH is 3. The number of carbonyl (C=O) groups is 5. The summed E-state index contributed by atoms with van der Waals surface area (Å²) in [5, 5.41) is 51.9. The second kappa shape index (κ2) is 15.3. The number of hydrogen-bond acceptors (Lipinski definition) is 13. The number of allylic oxidation sites excluding steroid dienone is 1. The van der Waals surface area contributed by atoms with E-state index in [1.807, 2.05) is 0 Å². The fraction of sp³-hybridized carbons (Fsp3) is 0.568. The molecule has 0 unspecified atom stereocenters. The van der Waals surface area contributed by atoms with Crippen LogP contribution in [-0.2, 0) is 33.3 Å². The third-order valence-electron chi connectivity index (χ3n) is 13.0. The van der Waals surface area contributed by atoms with Crippen LogP contribution in [0.2, 0.25) is 0 Å². The van der Waals surface area contributed by atoms with Crippen molar-refractivity contribution in [1.82, 2.24) is 5.32 Å². The monoisotopic (exact) mass is 805 g/mol. The Balaban J connectivity index is 1.49. The fourth-order valence-corrected chi connectivity index (χ4v) is 10.00. The molecule has 14 heteroatoms. The van der Waals surface area contributed by atoms with Crippen LogP contribution in [0.3, 0.4) is 0 Å². The van der Waals surface area contributed by atoms with Gasteiger partial charge in [0, 0.05) is 25.2 Å². The number of esters is 2. The molecule has 5 N–H and O–H groups in total. The minimum absolute atomic E-state index is 0.0613. The average Bonchev–Trinajstić information content (AvgIpc) is 3.14. The smallest absolute Gasteiger partial charge is 0.408 e. The lowest BCUT2D eigenvalue weighted by Crippen LogP contribution is -2.81. The molecule has 0 radical (unpaired) electrons. The Bertz CT molecular complexity index is 1970. The molecule has 58 heavy (non-hydrogen) atoms. The second-order valence-electron chi connectivity index (χ2n) is 18.0. The lowest BCUT2D eigenvalue weighted by molar-refractivity contribution is -0.345. The highest BCUT2D eigenvalue weighted by molar-refractivity contribution is 5.94. The molecule has 3 aliphatic carbocycles. The van der Waals surface area contributed by atoms with Gasteiger partial charge in [0.25, 0.3) is 0 Å². The van der Waals surface area contributed by atoms with E-state index >= 15 is 0 Å². The molecule has 1 saturated heterocycles. The number of ether oxygens (including phenoxy) is 4. The minimum atomic E-state index is -2.23. The molecule has 11 atom stereocenters. The molecular weight excluding hydrogens is 750 g/mol. The van der Waals surface area contributed by atoms with Crippen molar-refractivity contribution < 1.29 is 63.3 Å². The molecule has 2 aromatic carbocycles. The Hall–Kier alpha value is -4.47. The van der Waals surface area contributed by atoms with Crippen molar-refractivity contribution in [3.63, 3.8) is 0 Å². The van der Waals surface area contributed by atoms with E-state index in [1.165, 1.54) is 26.0 Å². The van der Waals surface area contributed by atoms with Crippen LogP contribution in [0.15, 0.2) is 71.8 Å². The zero-order valence-corrected chi connectivity index (χ0v) is 34.2. The van der Waals surface area contributed by atoms with E-state index in [0.29, 0.717) is 11.1 Å². The molecule has 14 nitrogen and oxygen atoms in total. The van der Waals surface area contributed by atoms with E-state index in [-0.39, 0.29) is 30.6 Å². The lowest BCUT2D eigenvalue weighted by atomic mass is 9.44. The maximum Gasteiger partial charge on any atom is 0.408 e. The van der Waals surface area contributed by atoms with E-state index in [0.717, 1.165) is 0 Å². The first-order chi connectivity index (χ1) is 27.0. The normalized spacial score (nSPS) is 33.8. The molecule has 0 aromatic heterocycles. The van der Waals surface area contributed by atoms with Crippen molar-refractivity contribution in [3.8, 4) is 0 Å². The summed E-state index contributed by atoms with van der Waals surface area (Å²) in [4.78, 5) is 69.3. The van der Waals surface area contributed by atoms with Gasteiger partial charge in [0.2, 0.25) is 0 Å². The molecule has 1 amide bonds. The van der Waals surface area contributed by atoms with E-state index < -0.39 is 112 Å². The number of rotatable bonds is 9. The largest absolute Gasteiger partial charge is 0.455 e. The number of carbonyl (C=O) groups excluding carboxylic acids is 5. The highest BCUT2D eigenvalue weighted by Crippen LogP contribution is 2.64. The summed E-state index contributed by atoms with van der Waals surface area (Å²) in [6, 6.07) is 15.1. The molecular formula is C44H55NO13. The van der Waals surface area contributed by atoms with Crippen LogP contribution in [0.4, 0.5) is 4.79 Å². The number of hydrogen-bond donors (Lipinski definition) is 5. The van der Waals surface area contributed by atoms with Crippen molar-refractivity contribution in [3.05, 3.63) is 82.9 Å². The quantitative estimate of drug-likeness (QED) is 0.138. The van der Waals surface area contributed by atoms with Gasteiger partial charge in [-0.2, -0.15) is 0 Å². The van der Waals surface area contributed by atoms with Crippen molar-refractivity contribution in [2.24, 2.45) is 22.7 Å². The molecule has 314 valence electrons. The first-order valence-electron chi connectivity index (χ1n) is 19.7. The van der Waals surface area contributed by atoms with Gasteiger partial charge in [-0.1, -0.05) is 68.0 Å². The van der Waals surface area contributed by atoms with Gasteiger partial charge in [0.05, 0.1) is 35.6 Å². The molecule has 2 saturated carbocycles. The molecule has 2 aromatic rings. The summed E-state index contributed by atoms with van der Waals surface area (Å²) in [5.74, 6) is -5.65. The van der Waals surface area contributed by atoms with Gasteiger partial charge in [-0.15, -0.1) is 0 Å². The summed E-state index contributed by atoms with van der Waals surface area (Å²) < 4.78 is 23.7. The highest BCUT2D eigenvalue weighted by Gasteiger charge is 2.77. The van der Waals surface area contributed by atoms with Gasteiger partial charge in [0.1, 0.15) is 35.6 Å². The Morgan fingerprint density at radius 3 is 2.14 bits per heavy atom. The molecule has 6 rings (SSSR count). The number of Topliss-reactive ketones (excluding diaryl/α,β-unsaturated/α-hetero) is 2. The number of benzene rings is 2. The third-order valence-corrected chi connectivity index (χ3v) is 13.0. The minimum Gasteiger partial charge on any atom is -0.455 e. The Labute approximate surface area is 337 Å². The maximum absolute atomic E-state index is 15.0. The van der Waals surface area contributed by atoms with Crippen LogP contribution in [-0.4, -0.2) is 104 Å². The summed E-state index contributed by atoms with van der Waals surface area (Å²) in [7, 11) is 0. The first kappa shape index (κ1) is 43.1. The molecule has 1 heterocycles. The van der Waals surface area contributed by atoms with E-state index in [9.17, 15) is 44.4 Å². The topological polar surface area (TPSA) is 215 Å². The summed E-state index contributed by atoms with van der Waals surface area (Å²) >= 11 is 0. The van der Waals surface area contributed by atoms with Gasteiger partial charge < -0.3 is 44.7 Å². The van der Waals surface area contributed by atoms with Crippen LogP contribution in [0.1, 0.15) is 96.6 Å². The second-order valence-corrected chi connectivity index (χ2v) is 18.0. The van der Waals surface area contributed by atoms with Crippen LogP contribution in [0.25, 0.3) is 0 Å². The molecule has 3 fully saturated rings. The van der Waals surface area contributed by atoms with Gasteiger partial charge in [-0.25, -0.2) is 9.59 Å². The SMILES string of the molecule is CC(=O)O[C@@]12CO[C@@H]1C[C@H](O)[C@@]1(C)C(=O)[C@H](O)C3=C(C)[C@@H](CC(=O)[C@H](O)[C@@H](NC(=O)OC(C)(C)C)c4ccccc4)C[C@@](O)([C@@H](OC(=O)c4ccccc4)[C@H]21)C3(C)C. The lowest BCUT2D eigenvalue weighted by Gasteiger charge is -2.67. The van der Waals surface area contributed by atoms with E-state index in [2.05, 4.69) is 5.32 Å². The summed E-state index contributed by atoms with van der Waals surface area (Å²) in [5.41, 5.74) is -7.36. The molecule has 1 aliphatic heterocycles. The summed E-state index contributed by atoms with van der Waals surface area (Å²) in [6.07, 6.45) is -9.71. The van der Waals surface area contributed by atoms with E-state index in [1.54, 1.807) is 90.1 Å². The number of aliphatic hydroxyl groups is 4. The third kappa shape index (κ3) is 7.16. The standard InChI is InChI=1S/C44H55NO13/c1-23-27(19-28(47)33(49)32(25-15-11-9-12-16-25)45-39(53)58-40(3,4)5)21-44(54)37(56-38(52)26-17-13-10-14-18-26)35-42(8,36(51)34(50)31(23)41(44,6)7)29(48)20-30-43(35,22-55-30)57-24(2)46/h9-18,27,29-30,32-35,37,48-50,54H,19-22H2,1-8H3,(H,45,53)/t27-,29-,30+,32-,33-,34+,35-,37-,42+,43-,44+/m0/s1. The Morgan fingerprint density at radius 2 is 1.59 bits per heavy atom. The Kier molecular flexibility index (Phi) is 11.4. The molecule has 4 aliphatic rings. The van der Waals surface area contributed by atoms with Crippen LogP contribution < -0.4 is 5.32 Å². The summed E-state index contributed by atoms with van der Waals surface area (Å²) in [6.45, 7) is 12.2. The fourth-order valence-electron chi connectivity index (χ4n) is 10.00. The van der Waals surface area contributed by atoms with Gasteiger partial charge in [-0.3, -0.25) is 14.4 Å². The van der Waals surface area contributed by atoms with Gasteiger partial charge in [0.15, 0.2) is 17.2 Å². The number of nitrogens with one attached hydrogen (secondary N) is 1. The number of amides is 1. The van der Waals surface area contributed by atoms with Crippen LogP contribution in [0.5, 0.6) is 0 Å². The van der Waals surface area contributed by atoms with Gasteiger partial charge >= 0.3 is 18.0 Å². The molecule has 0 spiro atoms.